The van der Waals surface area contributed by atoms with Crippen LogP contribution in [0.1, 0.15) is 82.6 Å². The molecule has 0 aliphatic heterocycles. The smallest absolute Gasteiger partial charge is 0.0299 e. The van der Waals surface area contributed by atoms with Gasteiger partial charge in [-0.3, -0.25) is 0 Å². The predicted molar refractivity (Wildman–Crippen MR) is 84.8 cm³/mol. The van der Waals surface area contributed by atoms with E-state index in [4.69, 9.17) is 0 Å². The second-order valence-electron chi connectivity index (χ2n) is 9.41. The lowest BCUT2D eigenvalue weighted by molar-refractivity contribution is 0.0300. The molecule has 1 saturated carbocycles. The van der Waals surface area contributed by atoms with Crippen molar-refractivity contribution >= 4 is 0 Å². The van der Waals surface area contributed by atoms with Gasteiger partial charge in [-0.25, -0.2) is 0 Å². The third kappa shape index (κ3) is 3.75. The van der Waals surface area contributed by atoms with Crippen LogP contribution in [0, 0.1) is 34.0 Å². The van der Waals surface area contributed by atoms with Crippen molar-refractivity contribution < 1.29 is 0 Å². The molecule has 2 unspecified atom stereocenters. The minimum Gasteiger partial charge on any atom is -0.0776 e. The molecule has 0 heterocycles. The fourth-order valence-corrected chi connectivity index (χ4v) is 4.15. The van der Waals surface area contributed by atoms with E-state index >= 15 is 0 Å². The molecule has 1 fully saturated rings. The summed E-state index contributed by atoms with van der Waals surface area (Å²) >= 11 is 0. The van der Waals surface area contributed by atoms with Gasteiger partial charge in [-0.05, 0) is 46.8 Å². The summed E-state index contributed by atoms with van der Waals surface area (Å²) in [6, 6.07) is 0. The first kappa shape index (κ1) is 18.0. The van der Waals surface area contributed by atoms with E-state index in [-0.39, 0.29) is 7.43 Å². The lowest BCUT2D eigenvalue weighted by Gasteiger charge is -2.45. The zero-order valence-corrected chi connectivity index (χ0v) is 13.6. The zero-order chi connectivity index (χ0) is 13.6. The van der Waals surface area contributed by atoms with Crippen molar-refractivity contribution in [2.24, 2.45) is 34.0 Å². The average molecular weight is 255 g/mol. The number of hydrogen-bond acceptors (Lipinski definition) is 0. The fraction of sp³-hybridized carbons (Fsp3) is 1.00. The van der Waals surface area contributed by atoms with Crippen LogP contribution in [0.15, 0.2) is 0 Å². The maximum absolute atomic E-state index is 2.44. The first-order valence-corrected chi connectivity index (χ1v) is 7.35. The van der Waals surface area contributed by atoms with Crippen LogP contribution < -0.4 is 0 Å². The van der Waals surface area contributed by atoms with E-state index in [1.807, 2.05) is 0 Å². The molecule has 18 heavy (non-hydrogen) atoms. The fourth-order valence-electron chi connectivity index (χ4n) is 4.15. The standard InChI is InChI=1S/C17H34.CH4/c1-15(2,3)12-10-11-13(16(4,5)6)14(12)17(7,8)9;/h12-14H,10-11H2,1-9H3;1H4. The van der Waals surface area contributed by atoms with Gasteiger partial charge in [0, 0.05) is 0 Å². The van der Waals surface area contributed by atoms with Gasteiger partial charge in [-0.15, -0.1) is 0 Å². The molecule has 0 spiro atoms. The Morgan fingerprint density at radius 3 is 1.00 bits per heavy atom. The molecule has 0 amide bonds. The van der Waals surface area contributed by atoms with Crippen LogP contribution >= 0.6 is 0 Å². The van der Waals surface area contributed by atoms with Crippen molar-refractivity contribution in [2.75, 3.05) is 0 Å². The molecule has 1 aliphatic carbocycles. The van der Waals surface area contributed by atoms with Gasteiger partial charge in [0.1, 0.15) is 0 Å². The molecular formula is C18H38. The molecule has 1 aliphatic rings. The van der Waals surface area contributed by atoms with Crippen molar-refractivity contribution in [1.82, 2.24) is 0 Å². The Balaban J connectivity index is 0.00000289. The summed E-state index contributed by atoms with van der Waals surface area (Å²) in [7, 11) is 0. The molecule has 0 radical (unpaired) electrons. The molecule has 1 rings (SSSR count). The highest BCUT2D eigenvalue weighted by atomic mass is 14.5. The second kappa shape index (κ2) is 5.17. The highest BCUT2D eigenvalue weighted by molar-refractivity contribution is 4.99. The van der Waals surface area contributed by atoms with Gasteiger partial charge < -0.3 is 0 Å². The normalized spacial score (nSPS) is 30.2. The maximum atomic E-state index is 2.44. The van der Waals surface area contributed by atoms with Gasteiger partial charge in [0.25, 0.3) is 0 Å². The maximum Gasteiger partial charge on any atom is -0.0299 e. The van der Waals surface area contributed by atoms with Gasteiger partial charge in [-0.1, -0.05) is 69.7 Å². The average Bonchev–Trinajstić information content (AvgIpc) is 2.42. The molecule has 0 aromatic rings. The first-order chi connectivity index (χ1) is 7.35. The Bertz CT molecular complexity index is 231. The van der Waals surface area contributed by atoms with E-state index < -0.39 is 0 Å². The molecule has 0 nitrogen and oxygen atoms in total. The Hall–Kier alpha value is 0. The van der Waals surface area contributed by atoms with Gasteiger partial charge in [-0.2, -0.15) is 0 Å². The summed E-state index contributed by atoms with van der Waals surface area (Å²) < 4.78 is 0. The second-order valence-corrected chi connectivity index (χ2v) is 9.41. The summed E-state index contributed by atoms with van der Waals surface area (Å²) in [6.45, 7) is 21.9. The molecule has 0 aromatic heterocycles. The van der Waals surface area contributed by atoms with E-state index in [0.29, 0.717) is 16.2 Å². The van der Waals surface area contributed by atoms with Crippen molar-refractivity contribution in [2.45, 2.75) is 82.6 Å². The largest absolute Gasteiger partial charge is 0.0776 e. The highest BCUT2D eigenvalue weighted by Gasteiger charge is 2.50. The topological polar surface area (TPSA) is 0 Å². The zero-order valence-electron chi connectivity index (χ0n) is 13.6. The molecule has 0 saturated heterocycles. The van der Waals surface area contributed by atoms with E-state index in [9.17, 15) is 0 Å². The van der Waals surface area contributed by atoms with Crippen LogP contribution in [0.2, 0.25) is 0 Å². The van der Waals surface area contributed by atoms with Crippen LogP contribution in [-0.4, -0.2) is 0 Å². The summed E-state index contributed by atoms with van der Waals surface area (Å²) in [6.07, 6.45) is 2.85. The minimum absolute atomic E-state index is 0. The molecular weight excluding hydrogens is 216 g/mol. The Morgan fingerprint density at radius 2 is 0.833 bits per heavy atom. The Kier molecular flexibility index (Phi) is 5.17. The quantitative estimate of drug-likeness (QED) is 0.469. The lowest BCUT2D eigenvalue weighted by Crippen LogP contribution is -2.39. The van der Waals surface area contributed by atoms with Crippen LogP contribution in [0.25, 0.3) is 0 Å². The van der Waals surface area contributed by atoms with E-state index in [2.05, 4.69) is 62.3 Å². The first-order valence-electron chi connectivity index (χ1n) is 7.35. The molecule has 2 atom stereocenters. The van der Waals surface area contributed by atoms with Gasteiger partial charge in [0.05, 0.1) is 0 Å². The lowest BCUT2D eigenvalue weighted by atomic mass is 9.59. The van der Waals surface area contributed by atoms with E-state index in [0.717, 1.165) is 17.8 Å². The van der Waals surface area contributed by atoms with Crippen molar-refractivity contribution in [1.29, 1.82) is 0 Å². The predicted octanol–water partition coefficient (Wildman–Crippen LogP) is 6.40. The van der Waals surface area contributed by atoms with Crippen LogP contribution in [0.4, 0.5) is 0 Å². The SMILES string of the molecule is C.CC(C)(C)C1CCC(C(C)(C)C)C1C(C)(C)C. The van der Waals surface area contributed by atoms with Gasteiger partial charge >= 0.3 is 0 Å². The number of rotatable bonds is 0. The summed E-state index contributed by atoms with van der Waals surface area (Å²) in [4.78, 5) is 0. The minimum atomic E-state index is 0. The van der Waals surface area contributed by atoms with Crippen molar-refractivity contribution in [3.05, 3.63) is 0 Å². The summed E-state index contributed by atoms with van der Waals surface area (Å²) in [5.41, 5.74) is 1.35. The van der Waals surface area contributed by atoms with E-state index in [1.54, 1.807) is 0 Å². The van der Waals surface area contributed by atoms with Gasteiger partial charge in [0.15, 0.2) is 0 Å². The molecule has 110 valence electrons. The highest BCUT2D eigenvalue weighted by Crippen LogP contribution is 2.57. The van der Waals surface area contributed by atoms with Crippen molar-refractivity contribution in [3.8, 4) is 0 Å². The third-order valence-corrected chi connectivity index (χ3v) is 4.88. The van der Waals surface area contributed by atoms with Crippen LogP contribution in [0.5, 0.6) is 0 Å². The van der Waals surface area contributed by atoms with Crippen LogP contribution in [-0.2, 0) is 0 Å². The van der Waals surface area contributed by atoms with Gasteiger partial charge in [0.2, 0.25) is 0 Å². The monoisotopic (exact) mass is 254 g/mol. The van der Waals surface area contributed by atoms with E-state index in [1.165, 1.54) is 12.8 Å². The molecule has 0 bridgehead atoms. The Morgan fingerprint density at radius 1 is 0.556 bits per heavy atom. The third-order valence-electron chi connectivity index (χ3n) is 4.88. The van der Waals surface area contributed by atoms with Crippen LogP contribution in [0.3, 0.4) is 0 Å². The summed E-state index contributed by atoms with van der Waals surface area (Å²) in [5.74, 6) is 2.63. The number of hydrogen-bond donors (Lipinski definition) is 0. The Labute approximate surface area is 117 Å². The van der Waals surface area contributed by atoms with Crippen molar-refractivity contribution in [3.63, 3.8) is 0 Å². The summed E-state index contributed by atoms with van der Waals surface area (Å²) in [5, 5.41) is 0. The molecule has 0 aromatic carbocycles. The molecule has 0 N–H and O–H groups in total. The molecule has 0 heteroatoms.